The third-order valence-corrected chi connectivity index (χ3v) is 5.37. The second-order valence-corrected chi connectivity index (χ2v) is 7.17. The zero-order valence-corrected chi connectivity index (χ0v) is 16.4. The number of aromatic nitrogens is 2. The van der Waals surface area contributed by atoms with Crippen LogP contribution in [0.1, 0.15) is 11.1 Å². The standard InChI is InChI=1S/C21H15N3O4S/c1-27-16-7-13(8-17(28-2)19(16)25)9-18-20(26)24-11-15(23-21(24)29-18)14-5-3-4-12(6-14)10-22/h3-9,11,25H,1-2H3. The molecule has 0 saturated carbocycles. The van der Waals surface area contributed by atoms with Gasteiger partial charge in [0.2, 0.25) is 5.75 Å². The minimum Gasteiger partial charge on any atom is -0.502 e. The number of fused-ring (bicyclic) bond motifs is 1. The van der Waals surface area contributed by atoms with Gasteiger partial charge < -0.3 is 14.6 Å². The van der Waals surface area contributed by atoms with E-state index in [-0.39, 0.29) is 22.8 Å². The van der Waals surface area contributed by atoms with Crippen LogP contribution in [0.2, 0.25) is 0 Å². The number of nitriles is 1. The average molecular weight is 405 g/mol. The van der Waals surface area contributed by atoms with Crippen LogP contribution in [0.3, 0.4) is 0 Å². The van der Waals surface area contributed by atoms with Crippen LogP contribution in [0.5, 0.6) is 17.2 Å². The van der Waals surface area contributed by atoms with Gasteiger partial charge in [-0.25, -0.2) is 4.98 Å². The smallest absolute Gasteiger partial charge is 0.274 e. The molecular weight excluding hydrogens is 390 g/mol. The Hall–Kier alpha value is -3.83. The molecule has 2 aromatic heterocycles. The summed E-state index contributed by atoms with van der Waals surface area (Å²) in [4.78, 5) is 17.9. The van der Waals surface area contributed by atoms with E-state index in [1.807, 2.05) is 6.07 Å². The van der Waals surface area contributed by atoms with Crippen LogP contribution in [0.15, 0.2) is 47.4 Å². The zero-order chi connectivity index (χ0) is 20.5. The molecule has 0 fully saturated rings. The summed E-state index contributed by atoms with van der Waals surface area (Å²) in [6.45, 7) is 0. The van der Waals surface area contributed by atoms with Gasteiger partial charge in [0.1, 0.15) is 0 Å². The molecule has 0 amide bonds. The van der Waals surface area contributed by atoms with Crippen LogP contribution in [0, 0.1) is 11.3 Å². The fraction of sp³-hybridized carbons (Fsp3) is 0.0952. The van der Waals surface area contributed by atoms with Crippen molar-refractivity contribution in [1.82, 2.24) is 9.38 Å². The summed E-state index contributed by atoms with van der Waals surface area (Å²) in [6.07, 6.45) is 3.36. The predicted molar refractivity (Wildman–Crippen MR) is 109 cm³/mol. The summed E-state index contributed by atoms with van der Waals surface area (Å²) >= 11 is 1.25. The van der Waals surface area contributed by atoms with E-state index < -0.39 is 0 Å². The highest BCUT2D eigenvalue weighted by atomic mass is 32.1. The first-order valence-corrected chi connectivity index (χ1v) is 9.35. The van der Waals surface area contributed by atoms with E-state index in [4.69, 9.17) is 14.7 Å². The maximum atomic E-state index is 12.8. The van der Waals surface area contributed by atoms with E-state index >= 15 is 0 Å². The Balaban J connectivity index is 1.81. The van der Waals surface area contributed by atoms with Crippen LogP contribution in [0.25, 0.3) is 22.3 Å². The van der Waals surface area contributed by atoms with Gasteiger partial charge in [0.25, 0.3) is 5.56 Å². The first-order valence-electron chi connectivity index (χ1n) is 8.53. The summed E-state index contributed by atoms with van der Waals surface area (Å²) in [5, 5.41) is 19.1. The maximum Gasteiger partial charge on any atom is 0.274 e. The number of aromatic hydroxyl groups is 1. The molecule has 0 radical (unpaired) electrons. The zero-order valence-electron chi connectivity index (χ0n) is 15.5. The Morgan fingerprint density at radius 2 is 1.93 bits per heavy atom. The summed E-state index contributed by atoms with van der Waals surface area (Å²) in [6, 6.07) is 12.4. The highest BCUT2D eigenvalue weighted by molar-refractivity contribution is 7.15. The largest absolute Gasteiger partial charge is 0.502 e. The number of hydrogen-bond acceptors (Lipinski definition) is 7. The third-order valence-electron chi connectivity index (χ3n) is 4.39. The molecule has 0 unspecified atom stereocenters. The number of imidazole rings is 1. The summed E-state index contributed by atoms with van der Waals surface area (Å²) < 4.78 is 12.3. The van der Waals surface area contributed by atoms with E-state index in [0.29, 0.717) is 26.3 Å². The molecule has 4 rings (SSSR count). The number of phenolic OH excluding ortho intramolecular Hbond substituents is 1. The molecule has 0 bridgehead atoms. The molecule has 0 aliphatic heterocycles. The first kappa shape index (κ1) is 18.5. The number of nitrogens with zero attached hydrogens (tertiary/aromatic N) is 3. The van der Waals surface area contributed by atoms with E-state index in [9.17, 15) is 9.90 Å². The Morgan fingerprint density at radius 1 is 1.21 bits per heavy atom. The molecule has 2 heterocycles. The quantitative estimate of drug-likeness (QED) is 0.561. The van der Waals surface area contributed by atoms with Gasteiger partial charge >= 0.3 is 0 Å². The SMILES string of the molecule is COc1cc(C=c2sc3nc(-c4cccc(C#N)c4)cn3c2=O)cc(OC)c1O. The fourth-order valence-electron chi connectivity index (χ4n) is 2.97. The van der Waals surface area contributed by atoms with Crippen LogP contribution in [0.4, 0.5) is 0 Å². The lowest BCUT2D eigenvalue weighted by Gasteiger charge is -2.09. The van der Waals surface area contributed by atoms with Gasteiger partial charge in [0.05, 0.1) is 36.1 Å². The lowest BCUT2D eigenvalue weighted by molar-refractivity contribution is 0.340. The molecular formula is C21H15N3O4S. The van der Waals surface area contributed by atoms with Gasteiger partial charge in [-0.2, -0.15) is 5.26 Å². The lowest BCUT2D eigenvalue weighted by atomic mass is 10.1. The van der Waals surface area contributed by atoms with Crippen molar-refractivity contribution in [2.45, 2.75) is 0 Å². The normalized spacial score (nSPS) is 11.6. The summed E-state index contributed by atoms with van der Waals surface area (Å²) in [7, 11) is 2.89. The van der Waals surface area contributed by atoms with E-state index in [1.165, 1.54) is 30.0 Å². The number of thiazole rings is 1. The molecule has 0 aliphatic rings. The van der Waals surface area contributed by atoms with Crippen LogP contribution in [-0.4, -0.2) is 28.7 Å². The van der Waals surface area contributed by atoms with Crippen LogP contribution in [-0.2, 0) is 0 Å². The van der Waals surface area contributed by atoms with Gasteiger partial charge in [-0.3, -0.25) is 9.20 Å². The molecule has 0 spiro atoms. The van der Waals surface area contributed by atoms with E-state index in [0.717, 1.165) is 5.56 Å². The molecule has 8 heteroatoms. The first-order chi connectivity index (χ1) is 14.0. The van der Waals surface area contributed by atoms with Gasteiger partial charge in [0.15, 0.2) is 16.5 Å². The van der Waals surface area contributed by atoms with Gasteiger partial charge in [-0.1, -0.05) is 23.5 Å². The Morgan fingerprint density at radius 3 is 2.55 bits per heavy atom. The van der Waals surface area contributed by atoms with Crippen LogP contribution < -0.4 is 19.6 Å². The number of ether oxygens (including phenoxy) is 2. The summed E-state index contributed by atoms with van der Waals surface area (Å²) in [5.74, 6) is 0.410. The molecule has 1 N–H and O–H groups in total. The number of phenols is 1. The Labute approximate surface area is 169 Å². The van der Waals surface area contributed by atoms with Crippen molar-refractivity contribution in [3.05, 3.63) is 68.6 Å². The minimum absolute atomic E-state index is 0.0975. The molecule has 4 aromatic rings. The van der Waals surface area contributed by atoms with Gasteiger partial charge in [-0.05, 0) is 35.9 Å². The van der Waals surface area contributed by atoms with E-state index in [1.54, 1.807) is 42.6 Å². The average Bonchev–Trinajstić information content (AvgIpc) is 3.28. The Kier molecular flexibility index (Phi) is 4.66. The Bertz CT molecular complexity index is 1360. The van der Waals surface area contributed by atoms with Crippen molar-refractivity contribution in [2.75, 3.05) is 14.2 Å². The minimum atomic E-state index is -0.203. The topological polar surface area (TPSA) is 96.8 Å². The van der Waals surface area contributed by atoms with Crippen molar-refractivity contribution < 1.29 is 14.6 Å². The van der Waals surface area contributed by atoms with Crippen molar-refractivity contribution in [1.29, 1.82) is 5.26 Å². The van der Waals surface area contributed by atoms with Crippen molar-refractivity contribution in [2.24, 2.45) is 0 Å². The third kappa shape index (κ3) is 3.28. The molecule has 0 aliphatic carbocycles. The highest BCUT2D eigenvalue weighted by Gasteiger charge is 2.13. The van der Waals surface area contributed by atoms with E-state index in [2.05, 4.69) is 11.1 Å². The lowest BCUT2D eigenvalue weighted by Crippen LogP contribution is -2.22. The van der Waals surface area contributed by atoms with Crippen molar-refractivity contribution >= 4 is 22.4 Å². The number of benzene rings is 2. The monoisotopic (exact) mass is 405 g/mol. The number of rotatable bonds is 4. The molecule has 0 saturated heterocycles. The molecule has 7 nitrogen and oxygen atoms in total. The summed E-state index contributed by atoms with van der Waals surface area (Å²) in [5.41, 5.74) is 2.39. The molecule has 2 aromatic carbocycles. The van der Waals surface area contributed by atoms with Gasteiger partial charge in [0, 0.05) is 11.8 Å². The number of hydrogen-bond donors (Lipinski definition) is 1. The van der Waals surface area contributed by atoms with Crippen molar-refractivity contribution in [3.63, 3.8) is 0 Å². The molecule has 29 heavy (non-hydrogen) atoms. The number of methoxy groups -OCH3 is 2. The predicted octanol–water partition coefficient (Wildman–Crippen LogP) is 2.57. The maximum absolute atomic E-state index is 12.8. The van der Waals surface area contributed by atoms with Crippen molar-refractivity contribution in [3.8, 4) is 34.6 Å². The highest BCUT2D eigenvalue weighted by Crippen LogP contribution is 2.37. The molecule has 144 valence electrons. The van der Waals surface area contributed by atoms with Gasteiger partial charge in [-0.15, -0.1) is 0 Å². The molecule has 0 atom stereocenters. The van der Waals surface area contributed by atoms with Crippen LogP contribution >= 0.6 is 11.3 Å². The second kappa shape index (κ2) is 7.30. The second-order valence-electron chi connectivity index (χ2n) is 6.16. The fourth-order valence-corrected chi connectivity index (χ4v) is 3.92.